The SMILES string of the molecule is Nc1ccc(Br)c(C(=O)Nc2ccc(O)cc2)c1. The Morgan fingerprint density at radius 3 is 2.50 bits per heavy atom. The van der Waals surface area contributed by atoms with Gasteiger partial charge in [0.1, 0.15) is 5.75 Å². The largest absolute Gasteiger partial charge is 0.508 e. The molecule has 2 aromatic rings. The van der Waals surface area contributed by atoms with Crippen LogP contribution in [0.5, 0.6) is 5.75 Å². The standard InChI is InChI=1S/C13H11BrN2O2/c14-12-6-1-8(15)7-11(12)13(18)16-9-2-4-10(17)5-3-9/h1-7,17H,15H2,(H,16,18). The molecule has 0 aromatic heterocycles. The van der Waals surface area contributed by atoms with E-state index in [1.807, 2.05) is 0 Å². The van der Waals surface area contributed by atoms with E-state index in [1.54, 1.807) is 30.3 Å². The number of phenolic OH excluding ortho intramolecular Hbond substituents is 1. The summed E-state index contributed by atoms with van der Waals surface area (Å²) in [6.45, 7) is 0. The number of amides is 1. The van der Waals surface area contributed by atoms with Crippen molar-refractivity contribution in [2.45, 2.75) is 0 Å². The minimum atomic E-state index is -0.264. The minimum absolute atomic E-state index is 0.151. The third-order valence-electron chi connectivity index (χ3n) is 2.36. The van der Waals surface area contributed by atoms with Gasteiger partial charge < -0.3 is 16.2 Å². The number of halogens is 1. The fourth-order valence-electron chi connectivity index (χ4n) is 1.46. The molecular formula is C13H11BrN2O2. The van der Waals surface area contributed by atoms with Crippen molar-refractivity contribution in [3.63, 3.8) is 0 Å². The number of carbonyl (C=O) groups excluding carboxylic acids is 1. The van der Waals surface area contributed by atoms with E-state index in [0.29, 0.717) is 21.4 Å². The number of anilines is 2. The Morgan fingerprint density at radius 2 is 1.83 bits per heavy atom. The number of benzene rings is 2. The zero-order valence-electron chi connectivity index (χ0n) is 9.35. The molecular weight excluding hydrogens is 296 g/mol. The maximum Gasteiger partial charge on any atom is 0.256 e. The highest BCUT2D eigenvalue weighted by Crippen LogP contribution is 2.21. The molecule has 0 aliphatic heterocycles. The Kier molecular flexibility index (Phi) is 3.53. The van der Waals surface area contributed by atoms with Crippen molar-refractivity contribution < 1.29 is 9.90 Å². The second kappa shape index (κ2) is 5.10. The lowest BCUT2D eigenvalue weighted by molar-refractivity contribution is 0.102. The van der Waals surface area contributed by atoms with Crippen molar-refractivity contribution in [3.8, 4) is 5.75 Å². The van der Waals surface area contributed by atoms with Gasteiger partial charge in [0.25, 0.3) is 5.91 Å². The van der Waals surface area contributed by atoms with Crippen LogP contribution in [0.2, 0.25) is 0 Å². The molecule has 0 unspecified atom stereocenters. The van der Waals surface area contributed by atoms with Crippen LogP contribution in [0.25, 0.3) is 0 Å². The molecule has 0 fully saturated rings. The first kappa shape index (κ1) is 12.4. The van der Waals surface area contributed by atoms with Gasteiger partial charge in [-0.25, -0.2) is 0 Å². The number of aromatic hydroxyl groups is 1. The average Bonchev–Trinajstić information content (AvgIpc) is 2.35. The Labute approximate surface area is 113 Å². The first-order valence-corrected chi connectivity index (χ1v) is 6.01. The smallest absolute Gasteiger partial charge is 0.256 e. The Balaban J connectivity index is 2.21. The van der Waals surface area contributed by atoms with Gasteiger partial charge >= 0.3 is 0 Å². The van der Waals surface area contributed by atoms with Crippen molar-refractivity contribution in [2.24, 2.45) is 0 Å². The van der Waals surface area contributed by atoms with Crippen LogP contribution in [0.1, 0.15) is 10.4 Å². The van der Waals surface area contributed by atoms with Crippen LogP contribution in [0.4, 0.5) is 11.4 Å². The second-order valence-corrected chi connectivity index (χ2v) is 4.59. The Bertz CT molecular complexity index is 582. The number of nitrogens with two attached hydrogens (primary N) is 1. The third kappa shape index (κ3) is 2.81. The van der Waals surface area contributed by atoms with Crippen LogP contribution in [0.3, 0.4) is 0 Å². The van der Waals surface area contributed by atoms with Crippen LogP contribution in [0, 0.1) is 0 Å². The summed E-state index contributed by atoms with van der Waals surface area (Å²) in [6.07, 6.45) is 0. The molecule has 2 rings (SSSR count). The van der Waals surface area contributed by atoms with Gasteiger partial charge in [-0.3, -0.25) is 4.79 Å². The molecule has 1 amide bonds. The maximum absolute atomic E-state index is 12.0. The van der Waals surface area contributed by atoms with Crippen molar-refractivity contribution >= 4 is 33.2 Å². The van der Waals surface area contributed by atoms with Gasteiger partial charge in [-0.1, -0.05) is 0 Å². The normalized spacial score (nSPS) is 10.1. The monoisotopic (exact) mass is 306 g/mol. The zero-order chi connectivity index (χ0) is 13.1. The molecule has 0 aliphatic carbocycles. The maximum atomic E-state index is 12.0. The van der Waals surface area contributed by atoms with Crippen molar-refractivity contribution in [1.29, 1.82) is 0 Å². The summed E-state index contributed by atoms with van der Waals surface area (Å²) in [4.78, 5) is 12.0. The number of rotatable bonds is 2. The number of nitrogen functional groups attached to an aromatic ring is 1. The summed E-state index contributed by atoms with van der Waals surface area (Å²) >= 11 is 3.30. The van der Waals surface area contributed by atoms with Gasteiger partial charge in [0.15, 0.2) is 0 Å². The number of hydrogen-bond donors (Lipinski definition) is 3. The van der Waals surface area contributed by atoms with E-state index in [2.05, 4.69) is 21.2 Å². The molecule has 2 aromatic carbocycles. The van der Waals surface area contributed by atoms with Crippen LogP contribution in [0.15, 0.2) is 46.9 Å². The van der Waals surface area contributed by atoms with Gasteiger partial charge in [0.2, 0.25) is 0 Å². The first-order valence-electron chi connectivity index (χ1n) is 5.21. The summed E-state index contributed by atoms with van der Waals surface area (Å²) in [6, 6.07) is 11.3. The number of nitrogens with one attached hydrogen (secondary N) is 1. The predicted octanol–water partition coefficient (Wildman–Crippen LogP) is 2.99. The molecule has 92 valence electrons. The number of carbonyl (C=O) groups is 1. The second-order valence-electron chi connectivity index (χ2n) is 3.74. The van der Waals surface area contributed by atoms with E-state index in [-0.39, 0.29) is 11.7 Å². The van der Waals surface area contributed by atoms with Gasteiger partial charge in [0.05, 0.1) is 5.56 Å². The van der Waals surface area contributed by atoms with Crippen molar-refractivity contribution in [2.75, 3.05) is 11.1 Å². The molecule has 0 radical (unpaired) electrons. The van der Waals surface area contributed by atoms with Crippen LogP contribution >= 0.6 is 15.9 Å². The summed E-state index contributed by atoms with van der Waals surface area (Å²) in [5, 5.41) is 11.9. The summed E-state index contributed by atoms with van der Waals surface area (Å²) in [5.74, 6) is -0.113. The molecule has 0 saturated heterocycles. The molecule has 0 heterocycles. The third-order valence-corrected chi connectivity index (χ3v) is 3.05. The van der Waals surface area contributed by atoms with Crippen LogP contribution < -0.4 is 11.1 Å². The lowest BCUT2D eigenvalue weighted by Gasteiger charge is -2.07. The van der Waals surface area contributed by atoms with E-state index < -0.39 is 0 Å². The molecule has 0 bridgehead atoms. The Hall–Kier alpha value is -2.01. The molecule has 0 atom stereocenters. The topological polar surface area (TPSA) is 75.4 Å². The predicted molar refractivity (Wildman–Crippen MR) is 74.6 cm³/mol. The highest BCUT2D eigenvalue weighted by atomic mass is 79.9. The quantitative estimate of drug-likeness (QED) is 0.590. The summed E-state index contributed by atoms with van der Waals surface area (Å²) in [5.41, 5.74) is 7.23. The van der Waals surface area contributed by atoms with Crippen LogP contribution in [-0.2, 0) is 0 Å². The Morgan fingerprint density at radius 1 is 1.17 bits per heavy atom. The summed E-state index contributed by atoms with van der Waals surface area (Å²) in [7, 11) is 0. The number of hydrogen-bond acceptors (Lipinski definition) is 3. The molecule has 0 aliphatic rings. The van der Waals surface area contributed by atoms with E-state index >= 15 is 0 Å². The molecule has 0 saturated carbocycles. The lowest BCUT2D eigenvalue weighted by atomic mass is 10.2. The van der Waals surface area contributed by atoms with E-state index in [0.717, 1.165) is 0 Å². The van der Waals surface area contributed by atoms with Gasteiger partial charge in [-0.15, -0.1) is 0 Å². The summed E-state index contributed by atoms with van der Waals surface area (Å²) < 4.78 is 0.674. The highest BCUT2D eigenvalue weighted by molar-refractivity contribution is 9.10. The average molecular weight is 307 g/mol. The minimum Gasteiger partial charge on any atom is -0.508 e. The highest BCUT2D eigenvalue weighted by Gasteiger charge is 2.10. The first-order chi connectivity index (χ1) is 8.56. The molecule has 0 spiro atoms. The zero-order valence-corrected chi connectivity index (χ0v) is 10.9. The van der Waals surface area contributed by atoms with Crippen molar-refractivity contribution in [1.82, 2.24) is 0 Å². The van der Waals surface area contributed by atoms with Gasteiger partial charge in [-0.05, 0) is 58.4 Å². The lowest BCUT2D eigenvalue weighted by Crippen LogP contribution is -2.12. The van der Waals surface area contributed by atoms with E-state index in [4.69, 9.17) is 10.8 Å². The van der Waals surface area contributed by atoms with Gasteiger partial charge in [-0.2, -0.15) is 0 Å². The molecule has 18 heavy (non-hydrogen) atoms. The van der Waals surface area contributed by atoms with Crippen molar-refractivity contribution in [3.05, 3.63) is 52.5 Å². The van der Waals surface area contributed by atoms with E-state index in [1.165, 1.54) is 12.1 Å². The molecule has 5 heteroatoms. The molecule has 4 nitrogen and oxygen atoms in total. The fraction of sp³-hybridized carbons (Fsp3) is 0. The number of phenols is 1. The van der Waals surface area contributed by atoms with E-state index in [9.17, 15) is 4.79 Å². The fourth-order valence-corrected chi connectivity index (χ4v) is 1.89. The molecule has 4 N–H and O–H groups in total. The van der Waals surface area contributed by atoms with Crippen LogP contribution in [-0.4, -0.2) is 11.0 Å². The van der Waals surface area contributed by atoms with Gasteiger partial charge in [0, 0.05) is 15.8 Å².